The number of hydrogen-bond donors (Lipinski definition) is 2. The highest BCUT2D eigenvalue weighted by molar-refractivity contribution is 5.96. The van der Waals surface area contributed by atoms with Crippen LogP contribution in [0.4, 0.5) is 11.4 Å². The van der Waals surface area contributed by atoms with E-state index in [9.17, 15) is 9.59 Å². The number of nitrogens with one attached hydrogen (secondary N) is 1. The molecule has 1 aromatic heterocycles. The van der Waals surface area contributed by atoms with Gasteiger partial charge in [-0.25, -0.2) is 4.68 Å². The normalized spacial score (nSPS) is 13.1. The lowest BCUT2D eigenvalue weighted by Gasteiger charge is -2.19. The number of carbonyl (C=O) groups is 2. The molecule has 8 nitrogen and oxygen atoms in total. The highest BCUT2D eigenvalue weighted by Crippen LogP contribution is 2.28. The molecule has 1 aliphatic heterocycles. The lowest BCUT2D eigenvalue weighted by Crippen LogP contribution is -2.24. The quantitative estimate of drug-likeness (QED) is 0.466. The van der Waals surface area contributed by atoms with Gasteiger partial charge in [0, 0.05) is 36.4 Å². The van der Waals surface area contributed by atoms with Crippen LogP contribution in [0.3, 0.4) is 0 Å². The number of benzene rings is 2. The number of nitrogens with zero attached hydrogens (tertiary/aromatic N) is 3. The molecule has 35 heavy (non-hydrogen) atoms. The summed E-state index contributed by atoms with van der Waals surface area (Å²) >= 11 is 0. The van der Waals surface area contributed by atoms with Gasteiger partial charge < -0.3 is 20.7 Å². The van der Waals surface area contributed by atoms with Crippen molar-refractivity contribution in [3.05, 3.63) is 65.0 Å². The Kier molecular flexibility index (Phi) is 7.06. The van der Waals surface area contributed by atoms with E-state index < -0.39 is 5.91 Å². The van der Waals surface area contributed by atoms with Crippen LogP contribution >= 0.6 is 0 Å². The van der Waals surface area contributed by atoms with Crippen molar-refractivity contribution in [3.8, 4) is 23.8 Å². The smallest absolute Gasteiger partial charge is 0.269 e. The first-order valence-electron chi connectivity index (χ1n) is 11.7. The minimum Gasteiger partial charge on any atom is -0.494 e. The Morgan fingerprint density at radius 2 is 2.03 bits per heavy atom. The number of anilines is 2. The van der Waals surface area contributed by atoms with E-state index in [0.717, 1.165) is 35.7 Å². The largest absolute Gasteiger partial charge is 0.494 e. The number of aryl methyl sites for hydroxylation is 1. The molecule has 2 amide bonds. The van der Waals surface area contributed by atoms with Crippen molar-refractivity contribution in [2.45, 2.75) is 33.1 Å². The number of nitrogens with two attached hydrogens (primary N) is 1. The van der Waals surface area contributed by atoms with E-state index in [2.05, 4.69) is 16.3 Å². The maximum absolute atomic E-state index is 12.1. The molecule has 0 saturated carbocycles. The molecule has 0 spiro atoms. The molecule has 180 valence electrons. The third kappa shape index (κ3) is 4.99. The molecular weight excluding hydrogens is 442 g/mol. The van der Waals surface area contributed by atoms with Crippen LogP contribution in [0, 0.1) is 19.3 Å². The van der Waals surface area contributed by atoms with Crippen LogP contribution in [0.5, 0.6) is 5.75 Å². The van der Waals surface area contributed by atoms with E-state index in [1.54, 1.807) is 4.68 Å². The van der Waals surface area contributed by atoms with Crippen LogP contribution in [-0.2, 0) is 11.2 Å². The number of rotatable bonds is 9. The summed E-state index contributed by atoms with van der Waals surface area (Å²) in [6, 6.07) is 13.3. The minimum atomic E-state index is -0.628. The molecule has 3 aromatic rings. The van der Waals surface area contributed by atoms with E-state index >= 15 is 0 Å². The predicted molar refractivity (Wildman–Crippen MR) is 136 cm³/mol. The zero-order chi connectivity index (χ0) is 24.9. The zero-order valence-corrected chi connectivity index (χ0v) is 20.0. The van der Waals surface area contributed by atoms with Crippen LogP contribution in [0.2, 0.25) is 0 Å². The van der Waals surface area contributed by atoms with Gasteiger partial charge in [-0.1, -0.05) is 0 Å². The van der Waals surface area contributed by atoms with E-state index in [1.165, 1.54) is 0 Å². The van der Waals surface area contributed by atoms with Gasteiger partial charge in [0.15, 0.2) is 5.69 Å². The fraction of sp³-hybridized carbons (Fsp3) is 0.296. The summed E-state index contributed by atoms with van der Waals surface area (Å²) in [6.45, 7) is 5.76. The number of ether oxygens (including phenoxy) is 1. The zero-order valence-electron chi connectivity index (χ0n) is 20.0. The summed E-state index contributed by atoms with van der Waals surface area (Å²) in [6.07, 6.45) is 7.78. The molecule has 1 saturated heterocycles. The minimum absolute atomic E-state index is 0.160. The number of hydrogen-bond acceptors (Lipinski definition) is 5. The fourth-order valence-corrected chi connectivity index (χ4v) is 4.37. The van der Waals surface area contributed by atoms with Gasteiger partial charge in [0.1, 0.15) is 11.4 Å². The summed E-state index contributed by atoms with van der Waals surface area (Å²) in [5, 5.41) is 7.80. The molecule has 1 aliphatic rings. The molecule has 8 heteroatoms. The van der Waals surface area contributed by atoms with Crippen LogP contribution < -0.4 is 20.7 Å². The van der Waals surface area contributed by atoms with Crippen molar-refractivity contribution in [1.29, 1.82) is 0 Å². The van der Waals surface area contributed by atoms with Crippen LogP contribution in [0.25, 0.3) is 5.69 Å². The Bertz CT molecular complexity index is 1290. The van der Waals surface area contributed by atoms with Crippen molar-refractivity contribution in [2.75, 3.05) is 29.9 Å². The Labute approximate surface area is 205 Å². The molecule has 0 aliphatic carbocycles. The number of primary amides is 1. The third-order valence-electron chi connectivity index (χ3n) is 6.01. The summed E-state index contributed by atoms with van der Waals surface area (Å²) in [5.74, 6) is 2.95. The molecule has 3 N–H and O–H groups in total. The first kappa shape index (κ1) is 23.9. The van der Waals surface area contributed by atoms with Gasteiger partial charge in [-0.3, -0.25) is 9.59 Å². The standard InChI is InChI=1S/C27H29N5O3/c1-4-23-22(26(27(28)34)30-32(23)20-9-11-21(12-10-20)35-5-2)14-15-29-19-8-13-24(18(3)17-19)31-16-6-7-25(31)33/h1,8-13,17,29H,5-7,14-16H2,2-3H3,(H2,28,34). The van der Waals surface area contributed by atoms with Crippen molar-refractivity contribution in [2.24, 2.45) is 5.73 Å². The van der Waals surface area contributed by atoms with E-state index in [4.69, 9.17) is 16.9 Å². The molecule has 2 aromatic carbocycles. The molecule has 0 bridgehead atoms. The van der Waals surface area contributed by atoms with Crippen molar-refractivity contribution >= 4 is 23.2 Å². The van der Waals surface area contributed by atoms with Crippen molar-refractivity contribution in [3.63, 3.8) is 0 Å². The number of aromatic nitrogens is 2. The molecular formula is C27H29N5O3. The monoisotopic (exact) mass is 471 g/mol. The number of carbonyl (C=O) groups excluding carboxylic acids is 2. The summed E-state index contributed by atoms with van der Waals surface area (Å²) < 4.78 is 7.06. The highest BCUT2D eigenvalue weighted by Gasteiger charge is 2.23. The predicted octanol–water partition coefficient (Wildman–Crippen LogP) is 3.44. The summed E-state index contributed by atoms with van der Waals surface area (Å²) in [7, 11) is 0. The molecule has 4 rings (SSSR count). The maximum Gasteiger partial charge on any atom is 0.269 e. The Balaban J connectivity index is 1.52. The van der Waals surface area contributed by atoms with Gasteiger partial charge in [-0.15, -0.1) is 6.42 Å². The van der Waals surface area contributed by atoms with Gasteiger partial charge in [0.2, 0.25) is 5.91 Å². The summed E-state index contributed by atoms with van der Waals surface area (Å²) in [5.41, 5.74) is 10.5. The van der Waals surface area contributed by atoms with E-state index in [0.29, 0.717) is 42.9 Å². The lowest BCUT2D eigenvalue weighted by molar-refractivity contribution is -0.117. The summed E-state index contributed by atoms with van der Waals surface area (Å²) in [4.78, 5) is 26.1. The maximum atomic E-state index is 12.1. The molecule has 2 heterocycles. The van der Waals surface area contributed by atoms with Gasteiger partial charge in [0.25, 0.3) is 5.91 Å². The van der Waals surface area contributed by atoms with Gasteiger partial charge in [-0.2, -0.15) is 5.10 Å². The number of terminal acetylenes is 1. The second-order valence-electron chi connectivity index (χ2n) is 8.35. The average molecular weight is 472 g/mol. The van der Waals surface area contributed by atoms with E-state index in [-0.39, 0.29) is 11.6 Å². The van der Waals surface area contributed by atoms with Gasteiger partial charge in [-0.05, 0) is 80.6 Å². The Morgan fingerprint density at radius 1 is 1.26 bits per heavy atom. The second kappa shape index (κ2) is 10.3. The lowest BCUT2D eigenvalue weighted by atomic mass is 10.1. The Hall–Kier alpha value is -4.25. The third-order valence-corrected chi connectivity index (χ3v) is 6.01. The molecule has 0 radical (unpaired) electrons. The van der Waals surface area contributed by atoms with Crippen LogP contribution in [-0.4, -0.2) is 41.3 Å². The average Bonchev–Trinajstić information content (AvgIpc) is 3.43. The van der Waals surface area contributed by atoms with Crippen LogP contribution in [0.15, 0.2) is 42.5 Å². The molecule has 0 unspecified atom stereocenters. The van der Waals surface area contributed by atoms with Crippen molar-refractivity contribution in [1.82, 2.24) is 9.78 Å². The van der Waals surface area contributed by atoms with Crippen LogP contribution in [0.1, 0.15) is 47.1 Å². The van der Waals surface area contributed by atoms with Crippen molar-refractivity contribution < 1.29 is 14.3 Å². The first-order chi connectivity index (χ1) is 16.9. The SMILES string of the molecule is C#Cc1c(CCNc2ccc(N3CCCC3=O)c(C)c2)c(C(N)=O)nn1-c1ccc(OCC)cc1. The van der Waals surface area contributed by atoms with Gasteiger partial charge >= 0.3 is 0 Å². The topological polar surface area (TPSA) is 102 Å². The Morgan fingerprint density at radius 3 is 2.63 bits per heavy atom. The second-order valence-corrected chi connectivity index (χ2v) is 8.35. The van der Waals surface area contributed by atoms with E-state index in [1.807, 2.05) is 61.2 Å². The first-order valence-corrected chi connectivity index (χ1v) is 11.7. The highest BCUT2D eigenvalue weighted by atomic mass is 16.5. The fourth-order valence-electron chi connectivity index (χ4n) is 4.37. The molecule has 0 atom stereocenters. The molecule has 1 fully saturated rings. The number of amides is 2. The van der Waals surface area contributed by atoms with Gasteiger partial charge in [0.05, 0.1) is 12.3 Å².